The quantitative estimate of drug-likeness (QED) is 0.911. The largest absolute Gasteiger partial charge is 0.490 e. The second-order valence-electron chi connectivity index (χ2n) is 6.45. The predicted octanol–water partition coefficient (Wildman–Crippen LogP) is 3.39. The Bertz CT molecular complexity index is 858. The van der Waals surface area contributed by atoms with E-state index in [1.165, 1.54) is 0 Å². The van der Waals surface area contributed by atoms with Crippen molar-refractivity contribution in [1.82, 2.24) is 10.3 Å². The fraction of sp³-hybridized carbons (Fsp3) is 0.350. The van der Waals surface area contributed by atoms with Crippen LogP contribution in [0.2, 0.25) is 0 Å². The summed E-state index contributed by atoms with van der Waals surface area (Å²) in [4.78, 5) is 14.9. The molecule has 1 aromatic carbocycles. The zero-order valence-electron chi connectivity index (χ0n) is 13.7. The van der Waals surface area contributed by atoms with E-state index in [2.05, 4.69) is 28.5 Å². The molecule has 4 heteroatoms. The average molecular weight is 322 g/mol. The summed E-state index contributed by atoms with van der Waals surface area (Å²) in [5.74, 6) is 0.887. The van der Waals surface area contributed by atoms with Crippen LogP contribution in [0, 0.1) is 0 Å². The number of hydrogen-bond acceptors (Lipinski definition) is 3. The molecule has 0 bridgehead atoms. The van der Waals surface area contributed by atoms with Gasteiger partial charge in [-0.15, -0.1) is 0 Å². The molecule has 1 saturated heterocycles. The van der Waals surface area contributed by atoms with Crippen LogP contribution >= 0.6 is 0 Å². The monoisotopic (exact) mass is 322 g/mol. The van der Waals surface area contributed by atoms with Crippen molar-refractivity contribution in [2.45, 2.75) is 31.8 Å². The van der Waals surface area contributed by atoms with Crippen LogP contribution in [0.25, 0.3) is 16.3 Å². The number of aromatic amines is 1. The van der Waals surface area contributed by atoms with Gasteiger partial charge >= 0.3 is 0 Å². The number of benzene rings is 1. The summed E-state index contributed by atoms with van der Waals surface area (Å²) in [5.41, 5.74) is 2.12. The van der Waals surface area contributed by atoms with Gasteiger partial charge in [-0.1, -0.05) is 18.2 Å². The van der Waals surface area contributed by atoms with Crippen LogP contribution in [0.15, 0.2) is 47.4 Å². The van der Waals surface area contributed by atoms with Crippen LogP contribution in [0.4, 0.5) is 0 Å². The minimum absolute atomic E-state index is 0.0532. The van der Waals surface area contributed by atoms with E-state index in [1.54, 1.807) is 6.20 Å². The minimum atomic E-state index is -0.0532. The Morgan fingerprint density at radius 2 is 2.00 bits per heavy atom. The summed E-state index contributed by atoms with van der Waals surface area (Å²) < 4.78 is 6.36. The number of hydrogen-bond donors (Lipinski definition) is 2. The molecule has 0 saturated carbocycles. The van der Waals surface area contributed by atoms with Crippen LogP contribution < -0.4 is 15.6 Å². The number of fused-ring (bicyclic) bond motifs is 1. The maximum absolute atomic E-state index is 12.2. The lowest BCUT2D eigenvalue weighted by atomic mass is 9.96. The topological polar surface area (TPSA) is 54.1 Å². The smallest absolute Gasteiger partial charge is 0.255 e. The molecule has 4 nitrogen and oxygen atoms in total. The van der Waals surface area contributed by atoms with E-state index in [4.69, 9.17) is 4.74 Å². The normalized spacial score (nSPS) is 18.6. The Balaban J connectivity index is 1.81. The third kappa shape index (κ3) is 3.02. The van der Waals surface area contributed by atoms with Gasteiger partial charge < -0.3 is 15.0 Å². The van der Waals surface area contributed by atoms with Crippen molar-refractivity contribution in [3.63, 3.8) is 0 Å². The Kier molecular flexibility index (Phi) is 4.22. The van der Waals surface area contributed by atoms with Gasteiger partial charge in [-0.05, 0) is 67.9 Å². The van der Waals surface area contributed by atoms with E-state index in [-0.39, 0.29) is 11.7 Å². The van der Waals surface area contributed by atoms with Gasteiger partial charge in [0.15, 0.2) is 0 Å². The number of H-pyrrole nitrogens is 1. The number of aromatic nitrogens is 1. The highest BCUT2D eigenvalue weighted by Gasteiger charge is 2.18. The van der Waals surface area contributed by atoms with Gasteiger partial charge in [0.1, 0.15) is 11.9 Å². The molecule has 24 heavy (non-hydrogen) atoms. The zero-order chi connectivity index (χ0) is 16.4. The molecule has 4 rings (SSSR count). The maximum Gasteiger partial charge on any atom is 0.255 e. The van der Waals surface area contributed by atoms with Gasteiger partial charge in [0.25, 0.3) is 5.56 Å². The number of ether oxygens (including phenoxy) is 1. The lowest BCUT2D eigenvalue weighted by molar-refractivity contribution is 0.162. The first-order valence-corrected chi connectivity index (χ1v) is 8.71. The van der Waals surface area contributed by atoms with E-state index in [9.17, 15) is 4.79 Å². The Morgan fingerprint density at radius 3 is 2.79 bits per heavy atom. The molecule has 1 aromatic heterocycles. The van der Waals surface area contributed by atoms with Crippen molar-refractivity contribution in [1.29, 1.82) is 0 Å². The Hall–Kier alpha value is -2.33. The zero-order valence-corrected chi connectivity index (χ0v) is 13.7. The second-order valence-corrected chi connectivity index (χ2v) is 6.45. The third-order valence-electron chi connectivity index (χ3n) is 4.76. The van der Waals surface area contributed by atoms with Crippen LogP contribution in [0.3, 0.4) is 0 Å². The summed E-state index contributed by atoms with van der Waals surface area (Å²) in [6, 6.07) is 5.93. The van der Waals surface area contributed by atoms with E-state index in [0.29, 0.717) is 5.39 Å². The summed E-state index contributed by atoms with van der Waals surface area (Å²) in [6.45, 7) is 1.99. The lowest BCUT2D eigenvalue weighted by Crippen LogP contribution is -2.34. The standard InChI is InChI=1S/C20H22N2O2/c23-20-18-13-17(14-4-2-1-3-5-14)19(12-15(18)6-11-22-20)24-16-7-9-21-10-8-16/h2,4-6,11-13,16,21H,1,3,7-10H2,(H,22,23). The number of piperidine rings is 1. The minimum Gasteiger partial charge on any atom is -0.490 e. The van der Waals surface area contributed by atoms with Crippen LogP contribution in [0.5, 0.6) is 5.75 Å². The van der Waals surface area contributed by atoms with Crippen LogP contribution in [-0.2, 0) is 0 Å². The summed E-state index contributed by atoms with van der Waals surface area (Å²) in [7, 11) is 0. The molecular weight excluding hydrogens is 300 g/mol. The van der Waals surface area contributed by atoms with Gasteiger partial charge in [0, 0.05) is 17.1 Å². The number of allylic oxidation sites excluding steroid dienone is 4. The van der Waals surface area contributed by atoms with E-state index < -0.39 is 0 Å². The first-order chi connectivity index (χ1) is 11.8. The lowest BCUT2D eigenvalue weighted by Gasteiger charge is -2.25. The first kappa shape index (κ1) is 15.2. The molecule has 2 aromatic rings. The van der Waals surface area contributed by atoms with Crippen LogP contribution in [0.1, 0.15) is 31.2 Å². The fourth-order valence-electron chi connectivity index (χ4n) is 3.44. The fourth-order valence-corrected chi connectivity index (χ4v) is 3.44. The molecule has 124 valence electrons. The number of rotatable bonds is 3. The summed E-state index contributed by atoms with van der Waals surface area (Å²) in [5, 5.41) is 5.00. The predicted molar refractivity (Wildman–Crippen MR) is 97.4 cm³/mol. The SMILES string of the molecule is O=c1[nH]ccc2cc(OC3CCNCC3)c(C3=CCCC=C3)cc12. The van der Waals surface area contributed by atoms with E-state index in [0.717, 1.165) is 61.0 Å². The first-order valence-electron chi connectivity index (χ1n) is 8.71. The molecule has 1 aliphatic carbocycles. The third-order valence-corrected chi connectivity index (χ3v) is 4.76. The van der Waals surface area contributed by atoms with Gasteiger partial charge in [0.2, 0.25) is 0 Å². The molecule has 2 heterocycles. The number of nitrogens with one attached hydrogen (secondary N) is 2. The molecule has 1 fully saturated rings. The second kappa shape index (κ2) is 6.65. The van der Waals surface area contributed by atoms with E-state index >= 15 is 0 Å². The Labute approximate surface area is 141 Å². The average Bonchev–Trinajstić information content (AvgIpc) is 2.63. The van der Waals surface area contributed by atoms with Crippen molar-refractivity contribution in [3.05, 3.63) is 58.5 Å². The highest BCUT2D eigenvalue weighted by atomic mass is 16.5. The number of pyridine rings is 1. The molecule has 0 amide bonds. The molecular formula is C20H22N2O2. The Morgan fingerprint density at radius 1 is 1.12 bits per heavy atom. The van der Waals surface area contributed by atoms with Crippen molar-refractivity contribution in [2.24, 2.45) is 0 Å². The molecule has 0 unspecified atom stereocenters. The van der Waals surface area contributed by atoms with Gasteiger partial charge in [-0.3, -0.25) is 4.79 Å². The van der Waals surface area contributed by atoms with E-state index in [1.807, 2.05) is 18.2 Å². The van der Waals surface area contributed by atoms with Crippen LogP contribution in [-0.4, -0.2) is 24.2 Å². The van der Waals surface area contributed by atoms with Crippen molar-refractivity contribution in [3.8, 4) is 5.75 Å². The van der Waals surface area contributed by atoms with Gasteiger partial charge in [-0.2, -0.15) is 0 Å². The van der Waals surface area contributed by atoms with Gasteiger partial charge in [0.05, 0.1) is 0 Å². The summed E-state index contributed by atoms with van der Waals surface area (Å²) >= 11 is 0. The molecule has 0 atom stereocenters. The molecule has 0 radical (unpaired) electrons. The molecule has 0 spiro atoms. The van der Waals surface area contributed by atoms with Gasteiger partial charge in [-0.25, -0.2) is 0 Å². The summed E-state index contributed by atoms with van der Waals surface area (Å²) in [6.07, 6.45) is 12.6. The molecule has 1 aliphatic heterocycles. The molecule has 2 N–H and O–H groups in total. The van der Waals surface area contributed by atoms with Crippen molar-refractivity contribution in [2.75, 3.05) is 13.1 Å². The van der Waals surface area contributed by atoms with Crippen molar-refractivity contribution >= 4 is 16.3 Å². The highest BCUT2D eigenvalue weighted by molar-refractivity contribution is 5.90. The highest BCUT2D eigenvalue weighted by Crippen LogP contribution is 2.34. The van der Waals surface area contributed by atoms with Crippen molar-refractivity contribution < 1.29 is 4.74 Å². The maximum atomic E-state index is 12.2. The molecule has 2 aliphatic rings.